The molecule has 0 saturated carbocycles. The van der Waals surface area contributed by atoms with Gasteiger partial charge in [0.15, 0.2) is 5.78 Å². The Bertz CT molecular complexity index is 435. The first-order valence-corrected chi connectivity index (χ1v) is 6.42. The molecule has 0 spiro atoms. The van der Waals surface area contributed by atoms with Gasteiger partial charge in [0.05, 0.1) is 6.61 Å². The van der Waals surface area contributed by atoms with Crippen molar-refractivity contribution < 1.29 is 14.3 Å². The summed E-state index contributed by atoms with van der Waals surface area (Å²) in [5.74, 6) is -0.605. The number of benzene rings is 1. The molecule has 18 heavy (non-hydrogen) atoms. The SMILES string of the molecule is CCOC(=O)CC(=O)c1cc(CC)ccc1CC. The van der Waals surface area contributed by atoms with E-state index in [1.54, 1.807) is 6.92 Å². The smallest absolute Gasteiger partial charge is 0.313 e. The van der Waals surface area contributed by atoms with Crippen LogP contribution in [0.5, 0.6) is 0 Å². The van der Waals surface area contributed by atoms with Gasteiger partial charge in [-0.2, -0.15) is 0 Å². The summed E-state index contributed by atoms with van der Waals surface area (Å²) < 4.78 is 4.80. The second-order valence-corrected chi connectivity index (χ2v) is 4.10. The van der Waals surface area contributed by atoms with Crippen molar-refractivity contribution >= 4 is 11.8 Å². The second kappa shape index (κ2) is 6.94. The minimum absolute atomic E-state index is 0.152. The van der Waals surface area contributed by atoms with E-state index in [2.05, 4.69) is 0 Å². The highest BCUT2D eigenvalue weighted by Crippen LogP contribution is 2.16. The van der Waals surface area contributed by atoms with Gasteiger partial charge >= 0.3 is 5.97 Å². The zero-order valence-corrected chi connectivity index (χ0v) is 11.3. The van der Waals surface area contributed by atoms with E-state index in [-0.39, 0.29) is 12.2 Å². The zero-order valence-electron chi connectivity index (χ0n) is 11.3. The van der Waals surface area contributed by atoms with Crippen LogP contribution >= 0.6 is 0 Å². The van der Waals surface area contributed by atoms with Gasteiger partial charge in [0, 0.05) is 5.56 Å². The normalized spacial score (nSPS) is 10.2. The molecule has 1 aromatic rings. The largest absolute Gasteiger partial charge is 0.466 e. The summed E-state index contributed by atoms with van der Waals surface area (Å²) in [6.07, 6.45) is 1.49. The molecule has 1 aromatic carbocycles. The van der Waals surface area contributed by atoms with Crippen LogP contribution in [0.4, 0.5) is 0 Å². The van der Waals surface area contributed by atoms with Gasteiger partial charge in [0.1, 0.15) is 6.42 Å². The van der Waals surface area contributed by atoms with Crippen LogP contribution in [0.2, 0.25) is 0 Å². The van der Waals surface area contributed by atoms with Gasteiger partial charge in [0.25, 0.3) is 0 Å². The molecule has 0 bridgehead atoms. The topological polar surface area (TPSA) is 43.4 Å². The molecule has 3 heteroatoms. The zero-order chi connectivity index (χ0) is 13.5. The van der Waals surface area contributed by atoms with E-state index >= 15 is 0 Å². The number of rotatable bonds is 6. The highest BCUT2D eigenvalue weighted by Gasteiger charge is 2.15. The molecule has 0 aliphatic rings. The fourth-order valence-electron chi connectivity index (χ4n) is 1.85. The standard InChI is InChI=1S/C15H20O3/c1-4-11-7-8-12(5-2)13(9-11)14(16)10-15(17)18-6-3/h7-9H,4-6,10H2,1-3H3. The quantitative estimate of drug-likeness (QED) is 0.441. The van der Waals surface area contributed by atoms with Gasteiger partial charge < -0.3 is 4.74 Å². The molecule has 0 aliphatic carbocycles. The van der Waals surface area contributed by atoms with E-state index < -0.39 is 5.97 Å². The summed E-state index contributed by atoms with van der Waals surface area (Å²) in [6, 6.07) is 5.89. The molecule has 0 atom stereocenters. The number of Topliss-reactive ketones (excluding diaryl/α,β-unsaturated/α-hetero) is 1. The Hall–Kier alpha value is -1.64. The van der Waals surface area contributed by atoms with Gasteiger partial charge in [-0.1, -0.05) is 26.0 Å². The van der Waals surface area contributed by atoms with Crippen LogP contribution in [0, 0.1) is 0 Å². The molecule has 0 N–H and O–H groups in total. The molecule has 0 radical (unpaired) electrons. The first-order valence-electron chi connectivity index (χ1n) is 6.42. The molecule has 98 valence electrons. The first kappa shape index (κ1) is 14.4. The third-order valence-electron chi connectivity index (χ3n) is 2.87. The summed E-state index contributed by atoms with van der Waals surface area (Å²) >= 11 is 0. The van der Waals surface area contributed by atoms with Crippen molar-refractivity contribution in [2.75, 3.05) is 6.61 Å². The maximum absolute atomic E-state index is 12.1. The van der Waals surface area contributed by atoms with Crippen molar-refractivity contribution in [1.29, 1.82) is 0 Å². The summed E-state index contributed by atoms with van der Waals surface area (Å²) in [4.78, 5) is 23.4. The van der Waals surface area contributed by atoms with Gasteiger partial charge in [-0.05, 0) is 37.0 Å². The molecule has 0 aliphatic heterocycles. The molecule has 0 aromatic heterocycles. The first-order chi connectivity index (χ1) is 8.62. The van der Waals surface area contributed by atoms with E-state index in [1.165, 1.54) is 0 Å². The summed E-state index contributed by atoms with van der Waals surface area (Å²) in [5, 5.41) is 0. The Morgan fingerprint density at radius 1 is 1.11 bits per heavy atom. The van der Waals surface area contributed by atoms with Crippen LogP contribution in [0.1, 0.15) is 48.7 Å². The number of hydrogen-bond acceptors (Lipinski definition) is 3. The van der Waals surface area contributed by atoms with E-state index in [1.807, 2.05) is 32.0 Å². The van der Waals surface area contributed by atoms with Crippen LogP contribution in [0.25, 0.3) is 0 Å². The molecule has 1 rings (SSSR count). The van der Waals surface area contributed by atoms with Gasteiger partial charge in [-0.25, -0.2) is 0 Å². The highest BCUT2D eigenvalue weighted by molar-refractivity contribution is 6.06. The third kappa shape index (κ3) is 3.69. The van der Waals surface area contributed by atoms with Gasteiger partial charge in [-0.3, -0.25) is 9.59 Å². The van der Waals surface area contributed by atoms with Crippen molar-refractivity contribution in [3.8, 4) is 0 Å². The molecule has 0 amide bonds. The lowest BCUT2D eigenvalue weighted by atomic mass is 9.96. The minimum Gasteiger partial charge on any atom is -0.466 e. The van der Waals surface area contributed by atoms with Crippen LogP contribution in [0.3, 0.4) is 0 Å². The van der Waals surface area contributed by atoms with E-state index in [9.17, 15) is 9.59 Å². The van der Waals surface area contributed by atoms with Gasteiger partial charge in [-0.15, -0.1) is 0 Å². The summed E-state index contributed by atoms with van der Waals surface area (Å²) in [6.45, 7) is 6.09. The fraction of sp³-hybridized carbons (Fsp3) is 0.467. The van der Waals surface area contributed by atoms with E-state index in [4.69, 9.17) is 4.74 Å². The summed E-state index contributed by atoms with van der Waals surface area (Å²) in [7, 11) is 0. The number of carbonyl (C=O) groups excluding carboxylic acids is 2. The average Bonchev–Trinajstić information content (AvgIpc) is 2.38. The fourth-order valence-corrected chi connectivity index (χ4v) is 1.85. The second-order valence-electron chi connectivity index (χ2n) is 4.10. The molecular formula is C15H20O3. The predicted octanol–water partition coefficient (Wildman–Crippen LogP) is 2.95. The maximum atomic E-state index is 12.1. The summed E-state index contributed by atoms with van der Waals surface area (Å²) in [5.41, 5.74) is 2.76. The Kier molecular flexibility index (Phi) is 5.56. The van der Waals surface area contributed by atoms with Gasteiger partial charge in [0.2, 0.25) is 0 Å². The van der Waals surface area contributed by atoms with Crippen molar-refractivity contribution in [1.82, 2.24) is 0 Å². The number of hydrogen-bond donors (Lipinski definition) is 0. The van der Waals surface area contributed by atoms with Crippen molar-refractivity contribution in [3.05, 3.63) is 34.9 Å². The minimum atomic E-state index is -0.452. The molecular weight excluding hydrogens is 228 g/mol. The number of esters is 1. The Labute approximate surface area is 108 Å². The molecule has 3 nitrogen and oxygen atoms in total. The highest BCUT2D eigenvalue weighted by atomic mass is 16.5. The Morgan fingerprint density at radius 2 is 1.83 bits per heavy atom. The van der Waals surface area contributed by atoms with E-state index in [0.29, 0.717) is 12.2 Å². The maximum Gasteiger partial charge on any atom is 0.313 e. The molecule has 0 fully saturated rings. The number of aryl methyl sites for hydroxylation is 2. The number of ketones is 1. The lowest BCUT2D eigenvalue weighted by molar-refractivity contribution is -0.141. The van der Waals surface area contributed by atoms with Crippen molar-refractivity contribution in [2.45, 2.75) is 40.0 Å². The molecule has 0 saturated heterocycles. The number of ether oxygens (including phenoxy) is 1. The third-order valence-corrected chi connectivity index (χ3v) is 2.87. The predicted molar refractivity (Wildman–Crippen MR) is 70.8 cm³/mol. The average molecular weight is 248 g/mol. The molecule has 0 heterocycles. The monoisotopic (exact) mass is 248 g/mol. The van der Waals surface area contributed by atoms with Crippen LogP contribution in [0.15, 0.2) is 18.2 Å². The van der Waals surface area contributed by atoms with E-state index in [0.717, 1.165) is 24.0 Å². The lowest BCUT2D eigenvalue weighted by Gasteiger charge is -2.09. The molecule has 0 unspecified atom stereocenters. The van der Waals surface area contributed by atoms with Crippen LogP contribution in [-0.4, -0.2) is 18.4 Å². The number of carbonyl (C=O) groups is 2. The van der Waals surface area contributed by atoms with Crippen molar-refractivity contribution in [3.63, 3.8) is 0 Å². The van der Waals surface area contributed by atoms with Crippen LogP contribution < -0.4 is 0 Å². The van der Waals surface area contributed by atoms with Crippen LogP contribution in [-0.2, 0) is 22.4 Å². The van der Waals surface area contributed by atoms with Crippen molar-refractivity contribution in [2.24, 2.45) is 0 Å². The Balaban J connectivity index is 2.92. The Morgan fingerprint density at radius 3 is 2.39 bits per heavy atom. The lowest BCUT2D eigenvalue weighted by Crippen LogP contribution is -2.13.